The zero-order valence-electron chi connectivity index (χ0n) is 9.42. The average molecular weight is 278 g/mol. The molecule has 90 valence electrons. The summed E-state index contributed by atoms with van der Waals surface area (Å²) in [4.78, 5) is 16.8. The van der Waals surface area contributed by atoms with Gasteiger partial charge in [0.1, 0.15) is 10.0 Å². The van der Waals surface area contributed by atoms with Crippen LogP contribution < -0.4 is 5.56 Å². The fraction of sp³-hybridized carbons (Fsp3) is 0.0833. The standard InChI is InChI=1S/C12H8ClN3OS/c1-7-9(13)11(17)16-12(14-7)18-10(15-16)8-5-3-2-4-6-8/h2-6H,1H3. The van der Waals surface area contributed by atoms with E-state index >= 15 is 0 Å². The summed E-state index contributed by atoms with van der Waals surface area (Å²) in [6, 6.07) is 9.67. The highest BCUT2D eigenvalue weighted by molar-refractivity contribution is 7.19. The van der Waals surface area contributed by atoms with Gasteiger partial charge in [0, 0.05) is 5.56 Å². The number of rotatable bonds is 1. The predicted molar refractivity (Wildman–Crippen MR) is 72.3 cm³/mol. The summed E-state index contributed by atoms with van der Waals surface area (Å²) >= 11 is 7.25. The van der Waals surface area contributed by atoms with E-state index in [9.17, 15) is 4.79 Å². The van der Waals surface area contributed by atoms with E-state index in [1.807, 2.05) is 30.3 Å². The summed E-state index contributed by atoms with van der Waals surface area (Å²) in [5.74, 6) is 0. The van der Waals surface area contributed by atoms with Gasteiger partial charge in [0.2, 0.25) is 4.96 Å². The Balaban J connectivity index is 2.30. The normalized spacial score (nSPS) is 11.0. The smallest absolute Gasteiger partial charge is 0.266 e. The molecule has 6 heteroatoms. The summed E-state index contributed by atoms with van der Waals surface area (Å²) in [6.07, 6.45) is 0. The van der Waals surface area contributed by atoms with Gasteiger partial charge >= 0.3 is 0 Å². The van der Waals surface area contributed by atoms with E-state index in [1.54, 1.807) is 6.92 Å². The second-order valence-corrected chi connectivity index (χ2v) is 5.12. The highest BCUT2D eigenvalue weighted by Gasteiger charge is 2.12. The maximum Gasteiger partial charge on any atom is 0.294 e. The first-order valence-corrected chi connectivity index (χ1v) is 6.47. The number of hydrogen-bond acceptors (Lipinski definition) is 4. The molecular weight excluding hydrogens is 270 g/mol. The molecule has 0 spiro atoms. The topological polar surface area (TPSA) is 47.3 Å². The van der Waals surface area contributed by atoms with Gasteiger partial charge < -0.3 is 0 Å². The molecule has 0 N–H and O–H groups in total. The van der Waals surface area contributed by atoms with Crippen LogP contribution in [-0.4, -0.2) is 14.6 Å². The largest absolute Gasteiger partial charge is 0.294 e. The van der Waals surface area contributed by atoms with Crippen molar-refractivity contribution >= 4 is 27.9 Å². The molecule has 3 aromatic rings. The van der Waals surface area contributed by atoms with Gasteiger partial charge in [-0.15, -0.1) is 0 Å². The van der Waals surface area contributed by atoms with Crippen LogP contribution in [0.4, 0.5) is 0 Å². The number of hydrogen-bond donors (Lipinski definition) is 0. The number of fused-ring (bicyclic) bond motifs is 1. The number of nitrogens with zero attached hydrogens (tertiary/aromatic N) is 3. The first kappa shape index (κ1) is 11.4. The predicted octanol–water partition coefficient (Wildman–Crippen LogP) is 2.78. The van der Waals surface area contributed by atoms with Crippen LogP contribution in [0.15, 0.2) is 35.1 Å². The quantitative estimate of drug-likeness (QED) is 0.687. The molecule has 1 aromatic carbocycles. The Kier molecular flexibility index (Phi) is 2.65. The van der Waals surface area contributed by atoms with E-state index in [0.717, 1.165) is 10.6 Å². The molecule has 0 saturated carbocycles. The van der Waals surface area contributed by atoms with Gasteiger partial charge in [0.15, 0.2) is 0 Å². The van der Waals surface area contributed by atoms with E-state index in [1.165, 1.54) is 15.9 Å². The molecule has 0 fully saturated rings. The third-order valence-corrected chi connectivity index (χ3v) is 3.93. The van der Waals surface area contributed by atoms with Gasteiger partial charge in [-0.2, -0.15) is 9.61 Å². The van der Waals surface area contributed by atoms with Crippen LogP contribution in [0, 0.1) is 6.92 Å². The summed E-state index contributed by atoms with van der Waals surface area (Å²) < 4.78 is 1.25. The van der Waals surface area contributed by atoms with E-state index in [-0.39, 0.29) is 10.6 Å². The number of halogens is 1. The van der Waals surface area contributed by atoms with Crippen molar-refractivity contribution in [2.24, 2.45) is 0 Å². The van der Waals surface area contributed by atoms with E-state index in [4.69, 9.17) is 11.6 Å². The molecule has 0 aliphatic rings. The molecule has 2 heterocycles. The minimum absolute atomic E-state index is 0.123. The lowest BCUT2D eigenvalue weighted by Crippen LogP contribution is -2.16. The zero-order chi connectivity index (χ0) is 12.7. The molecular formula is C12H8ClN3OS. The lowest BCUT2D eigenvalue weighted by atomic mass is 10.2. The molecule has 3 rings (SSSR count). The summed E-state index contributed by atoms with van der Waals surface area (Å²) in [5, 5.41) is 5.13. The van der Waals surface area contributed by atoms with Crippen LogP contribution in [0.25, 0.3) is 15.5 Å². The van der Waals surface area contributed by atoms with Gasteiger partial charge in [-0.1, -0.05) is 53.3 Å². The first-order valence-electron chi connectivity index (χ1n) is 5.28. The van der Waals surface area contributed by atoms with Gasteiger partial charge in [0.05, 0.1) is 5.69 Å². The average Bonchev–Trinajstić information content (AvgIpc) is 2.81. The molecule has 0 amide bonds. The molecule has 0 unspecified atom stereocenters. The number of aromatic nitrogens is 3. The molecule has 18 heavy (non-hydrogen) atoms. The lowest BCUT2D eigenvalue weighted by Gasteiger charge is -1.94. The fourth-order valence-electron chi connectivity index (χ4n) is 1.62. The van der Waals surface area contributed by atoms with Crippen LogP contribution in [-0.2, 0) is 0 Å². The Hall–Kier alpha value is -1.72. The highest BCUT2D eigenvalue weighted by atomic mass is 35.5. The van der Waals surface area contributed by atoms with Crippen molar-refractivity contribution in [3.63, 3.8) is 0 Å². The second kappa shape index (κ2) is 4.19. The van der Waals surface area contributed by atoms with E-state index < -0.39 is 0 Å². The molecule has 4 nitrogen and oxygen atoms in total. The van der Waals surface area contributed by atoms with Crippen molar-refractivity contribution < 1.29 is 0 Å². The first-order chi connectivity index (χ1) is 8.66. The Morgan fingerprint density at radius 1 is 1.28 bits per heavy atom. The van der Waals surface area contributed by atoms with Crippen molar-refractivity contribution in [1.29, 1.82) is 0 Å². The number of benzene rings is 1. The Morgan fingerprint density at radius 2 is 2.00 bits per heavy atom. The van der Waals surface area contributed by atoms with Crippen molar-refractivity contribution in [3.8, 4) is 10.6 Å². The molecule has 0 aliphatic carbocycles. The molecule has 0 atom stereocenters. The summed E-state index contributed by atoms with van der Waals surface area (Å²) in [6.45, 7) is 1.71. The Labute approximate surface area is 111 Å². The van der Waals surface area contributed by atoms with Crippen LogP contribution in [0.5, 0.6) is 0 Å². The molecule has 0 saturated heterocycles. The maximum atomic E-state index is 11.9. The molecule has 0 radical (unpaired) electrons. The van der Waals surface area contributed by atoms with E-state index in [2.05, 4.69) is 10.1 Å². The monoisotopic (exact) mass is 277 g/mol. The highest BCUT2D eigenvalue weighted by Crippen LogP contribution is 2.24. The molecule has 2 aromatic heterocycles. The van der Waals surface area contributed by atoms with Crippen molar-refractivity contribution in [2.45, 2.75) is 6.92 Å². The summed E-state index contributed by atoms with van der Waals surface area (Å²) in [7, 11) is 0. The summed E-state index contributed by atoms with van der Waals surface area (Å²) in [5.41, 5.74) is 1.17. The number of aryl methyl sites for hydroxylation is 1. The van der Waals surface area contributed by atoms with E-state index in [0.29, 0.717) is 10.7 Å². The van der Waals surface area contributed by atoms with Crippen LogP contribution in [0.2, 0.25) is 5.02 Å². The van der Waals surface area contributed by atoms with Crippen LogP contribution in [0.3, 0.4) is 0 Å². The zero-order valence-corrected chi connectivity index (χ0v) is 11.0. The van der Waals surface area contributed by atoms with Gasteiger partial charge in [0.25, 0.3) is 5.56 Å². The van der Waals surface area contributed by atoms with Crippen molar-refractivity contribution in [2.75, 3.05) is 0 Å². The van der Waals surface area contributed by atoms with Crippen molar-refractivity contribution in [1.82, 2.24) is 14.6 Å². The minimum Gasteiger partial charge on any atom is -0.266 e. The third-order valence-electron chi connectivity index (χ3n) is 2.54. The third kappa shape index (κ3) is 1.72. The van der Waals surface area contributed by atoms with Crippen LogP contribution >= 0.6 is 22.9 Å². The SMILES string of the molecule is Cc1nc2sc(-c3ccccc3)nn2c(=O)c1Cl. The minimum atomic E-state index is -0.322. The fourth-order valence-corrected chi connectivity index (χ4v) is 2.69. The lowest BCUT2D eigenvalue weighted by molar-refractivity contribution is 0.894. The molecule has 0 bridgehead atoms. The van der Waals surface area contributed by atoms with Gasteiger partial charge in [-0.25, -0.2) is 4.98 Å². The Morgan fingerprint density at radius 3 is 2.72 bits per heavy atom. The van der Waals surface area contributed by atoms with Crippen LogP contribution in [0.1, 0.15) is 5.69 Å². The second-order valence-electron chi connectivity index (χ2n) is 3.78. The van der Waals surface area contributed by atoms with Gasteiger partial charge in [-0.05, 0) is 6.92 Å². The van der Waals surface area contributed by atoms with Gasteiger partial charge in [-0.3, -0.25) is 4.79 Å². The Bertz CT molecular complexity index is 779. The molecule has 0 aliphatic heterocycles. The van der Waals surface area contributed by atoms with Crippen molar-refractivity contribution in [3.05, 3.63) is 51.4 Å². The maximum absolute atomic E-state index is 11.9.